The Kier molecular flexibility index (Phi) is 4.52. The quantitative estimate of drug-likeness (QED) is 0.738. The summed E-state index contributed by atoms with van der Waals surface area (Å²) in [7, 11) is 0. The molecule has 3 rings (SSSR count). The molecule has 5 nitrogen and oxygen atoms in total. The first-order chi connectivity index (χ1) is 11.6. The van der Waals surface area contributed by atoms with Gasteiger partial charge in [0.05, 0.1) is 0 Å². The van der Waals surface area contributed by atoms with Crippen molar-refractivity contribution in [3.63, 3.8) is 0 Å². The summed E-state index contributed by atoms with van der Waals surface area (Å²) in [5.74, 6) is 0.0543. The number of hydrogen-bond acceptors (Lipinski definition) is 4. The third kappa shape index (κ3) is 3.95. The van der Waals surface area contributed by atoms with Crippen LogP contribution >= 0.6 is 0 Å². The Labute approximate surface area is 140 Å². The highest BCUT2D eigenvalue weighted by molar-refractivity contribution is 6.00. The lowest BCUT2D eigenvalue weighted by Gasteiger charge is -2.00. The van der Waals surface area contributed by atoms with Crippen LogP contribution in [0, 0.1) is 13.8 Å². The highest BCUT2D eigenvalue weighted by atomic mass is 16.4. The van der Waals surface area contributed by atoms with Crippen molar-refractivity contribution in [3.8, 4) is 11.5 Å². The molecule has 1 aromatic heterocycles. The standard InChI is InChI=1S/C19H17N3O2/c1-13-10-14(2)12-16(11-13)18-21-22-19(24-18)20-17(23)9-8-15-6-4-3-5-7-15/h3-12H,1-2H3,(H,20,22,23)/b9-8+. The summed E-state index contributed by atoms with van der Waals surface area (Å²) in [6, 6.07) is 15.6. The van der Waals surface area contributed by atoms with Crippen LogP contribution in [0.1, 0.15) is 16.7 Å². The number of anilines is 1. The number of nitrogens with zero attached hydrogens (tertiary/aromatic N) is 2. The predicted octanol–water partition coefficient (Wildman–Crippen LogP) is 4.01. The molecule has 0 spiro atoms. The minimum Gasteiger partial charge on any atom is -0.403 e. The van der Waals surface area contributed by atoms with Crippen LogP contribution in [0.4, 0.5) is 6.01 Å². The second kappa shape index (κ2) is 6.91. The number of hydrogen-bond donors (Lipinski definition) is 1. The Hall–Kier alpha value is -3.21. The first-order valence-electron chi connectivity index (χ1n) is 7.56. The topological polar surface area (TPSA) is 68.0 Å². The molecule has 0 atom stereocenters. The van der Waals surface area contributed by atoms with Gasteiger partial charge in [-0.15, -0.1) is 5.10 Å². The van der Waals surface area contributed by atoms with Gasteiger partial charge in [0.1, 0.15) is 0 Å². The highest BCUT2D eigenvalue weighted by Gasteiger charge is 2.10. The van der Waals surface area contributed by atoms with Crippen molar-refractivity contribution in [2.45, 2.75) is 13.8 Å². The Balaban J connectivity index is 1.69. The van der Waals surface area contributed by atoms with Gasteiger partial charge in [-0.25, -0.2) is 0 Å². The fourth-order valence-electron chi connectivity index (χ4n) is 2.37. The van der Waals surface area contributed by atoms with Crippen molar-refractivity contribution in [1.29, 1.82) is 0 Å². The summed E-state index contributed by atoms with van der Waals surface area (Å²) in [6.07, 6.45) is 3.15. The summed E-state index contributed by atoms with van der Waals surface area (Å²) in [4.78, 5) is 11.9. The zero-order valence-electron chi connectivity index (χ0n) is 13.5. The van der Waals surface area contributed by atoms with Gasteiger partial charge in [-0.3, -0.25) is 10.1 Å². The first-order valence-corrected chi connectivity index (χ1v) is 7.56. The van der Waals surface area contributed by atoms with Crippen LogP contribution in [0.5, 0.6) is 0 Å². The fraction of sp³-hybridized carbons (Fsp3) is 0.105. The molecular weight excluding hydrogens is 302 g/mol. The molecule has 1 heterocycles. The number of benzene rings is 2. The molecule has 0 bridgehead atoms. The predicted molar refractivity (Wildman–Crippen MR) is 93.3 cm³/mol. The Morgan fingerprint density at radius 1 is 1.04 bits per heavy atom. The van der Waals surface area contributed by atoms with E-state index in [1.807, 2.05) is 56.3 Å². The minimum atomic E-state index is -0.325. The monoisotopic (exact) mass is 319 g/mol. The molecule has 0 saturated carbocycles. The highest BCUT2D eigenvalue weighted by Crippen LogP contribution is 2.22. The van der Waals surface area contributed by atoms with E-state index >= 15 is 0 Å². The maximum absolute atomic E-state index is 11.9. The average Bonchev–Trinajstić information content (AvgIpc) is 3.01. The molecular formula is C19H17N3O2. The Morgan fingerprint density at radius 2 is 1.75 bits per heavy atom. The van der Waals surface area contributed by atoms with Gasteiger partial charge in [0.15, 0.2) is 0 Å². The van der Waals surface area contributed by atoms with Gasteiger partial charge >= 0.3 is 6.01 Å². The summed E-state index contributed by atoms with van der Waals surface area (Å²) >= 11 is 0. The van der Waals surface area contributed by atoms with Crippen LogP contribution in [0.25, 0.3) is 17.5 Å². The van der Waals surface area contributed by atoms with Crippen LogP contribution in [0.15, 0.2) is 59.0 Å². The SMILES string of the molecule is Cc1cc(C)cc(-c2nnc(NC(=O)/C=C/c3ccccc3)o2)c1. The van der Waals surface area contributed by atoms with E-state index in [1.165, 1.54) is 6.08 Å². The average molecular weight is 319 g/mol. The molecule has 2 aromatic carbocycles. The van der Waals surface area contributed by atoms with Crippen molar-refractivity contribution >= 4 is 18.0 Å². The largest absolute Gasteiger partial charge is 0.403 e. The van der Waals surface area contributed by atoms with E-state index in [0.29, 0.717) is 5.89 Å². The lowest BCUT2D eigenvalue weighted by atomic mass is 10.1. The molecule has 5 heteroatoms. The second-order valence-corrected chi connectivity index (χ2v) is 5.52. The number of nitrogens with one attached hydrogen (secondary N) is 1. The van der Waals surface area contributed by atoms with Gasteiger partial charge < -0.3 is 4.42 Å². The number of carbonyl (C=O) groups excluding carboxylic acids is 1. The zero-order chi connectivity index (χ0) is 16.9. The van der Waals surface area contributed by atoms with E-state index in [4.69, 9.17) is 4.42 Å². The van der Waals surface area contributed by atoms with Gasteiger partial charge in [-0.1, -0.05) is 52.6 Å². The summed E-state index contributed by atoms with van der Waals surface area (Å²) in [5, 5.41) is 10.4. The minimum absolute atomic E-state index is 0.0758. The Bertz CT molecular complexity index is 862. The smallest absolute Gasteiger partial charge is 0.322 e. The fourth-order valence-corrected chi connectivity index (χ4v) is 2.37. The number of amides is 1. The van der Waals surface area contributed by atoms with Crippen molar-refractivity contribution in [2.24, 2.45) is 0 Å². The Morgan fingerprint density at radius 3 is 2.46 bits per heavy atom. The van der Waals surface area contributed by atoms with Crippen LogP contribution in [0.2, 0.25) is 0 Å². The van der Waals surface area contributed by atoms with Crippen LogP contribution in [-0.4, -0.2) is 16.1 Å². The van der Waals surface area contributed by atoms with E-state index in [1.54, 1.807) is 6.08 Å². The van der Waals surface area contributed by atoms with Crippen molar-refractivity contribution < 1.29 is 9.21 Å². The summed E-state index contributed by atoms with van der Waals surface area (Å²) < 4.78 is 5.51. The molecule has 1 N–H and O–H groups in total. The normalized spacial score (nSPS) is 10.9. The van der Waals surface area contributed by atoms with Gasteiger partial charge in [0, 0.05) is 11.6 Å². The maximum atomic E-state index is 11.9. The zero-order valence-corrected chi connectivity index (χ0v) is 13.5. The molecule has 0 unspecified atom stereocenters. The summed E-state index contributed by atoms with van der Waals surface area (Å²) in [5.41, 5.74) is 3.99. The van der Waals surface area contributed by atoms with E-state index in [9.17, 15) is 4.79 Å². The second-order valence-electron chi connectivity index (χ2n) is 5.52. The number of rotatable bonds is 4. The molecule has 0 fully saturated rings. The van der Waals surface area contributed by atoms with Gasteiger partial charge in [-0.2, -0.15) is 0 Å². The van der Waals surface area contributed by atoms with Crippen molar-refractivity contribution in [2.75, 3.05) is 5.32 Å². The third-order valence-electron chi connectivity index (χ3n) is 3.35. The van der Waals surface area contributed by atoms with E-state index in [-0.39, 0.29) is 11.9 Å². The van der Waals surface area contributed by atoms with E-state index < -0.39 is 0 Å². The first kappa shape index (κ1) is 15.7. The molecule has 0 aliphatic carbocycles. The number of aryl methyl sites for hydroxylation is 2. The van der Waals surface area contributed by atoms with Crippen molar-refractivity contribution in [1.82, 2.24) is 10.2 Å². The van der Waals surface area contributed by atoms with E-state index in [2.05, 4.69) is 21.6 Å². The lowest BCUT2D eigenvalue weighted by molar-refractivity contribution is -0.112. The molecule has 0 radical (unpaired) electrons. The molecule has 0 aliphatic heterocycles. The molecule has 0 aliphatic rings. The molecule has 1 amide bonds. The van der Waals surface area contributed by atoms with Crippen molar-refractivity contribution in [3.05, 3.63) is 71.3 Å². The molecule has 0 saturated heterocycles. The van der Waals surface area contributed by atoms with Crippen LogP contribution in [-0.2, 0) is 4.79 Å². The van der Waals surface area contributed by atoms with E-state index in [0.717, 1.165) is 22.3 Å². The summed E-state index contributed by atoms with van der Waals surface area (Å²) in [6.45, 7) is 4.01. The van der Waals surface area contributed by atoms with Crippen LogP contribution < -0.4 is 5.32 Å². The molecule has 24 heavy (non-hydrogen) atoms. The van der Waals surface area contributed by atoms with Gasteiger partial charge in [0.2, 0.25) is 5.89 Å². The number of aromatic nitrogens is 2. The molecule has 120 valence electrons. The number of carbonyl (C=O) groups is 1. The lowest BCUT2D eigenvalue weighted by Crippen LogP contribution is -2.07. The third-order valence-corrected chi connectivity index (χ3v) is 3.35. The van der Waals surface area contributed by atoms with Gasteiger partial charge in [0.25, 0.3) is 5.91 Å². The van der Waals surface area contributed by atoms with Gasteiger partial charge in [-0.05, 0) is 37.6 Å². The molecule has 3 aromatic rings. The maximum Gasteiger partial charge on any atom is 0.322 e. The van der Waals surface area contributed by atoms with Crippen LogP contribution in [0.3, 0.4) is 0 Å².